The highest BCUT2D eigenvalue weighted by molar-refractivity contribution is 9.09. The number of benzene rings is 1. The van der Waals surface area contributed by atoms with Crippen LogP contribution in [0.1, 0.15) is 53.4 Å². The van der Waals surface area contributed by atoms with Crippen molar-refractivity contribution in [2.75, 3.05) is 31.2 Å². The Morgan fingerprint density at radius 1 is 1.19 bits per heavy atom. The molecule has 3 amide bonds. The number of anilines is 1. The molecule has 9 nitrogen and oxygen atoms in total. The van der Waals surface area contributed by atoms with E-state index in [-0.39, 0.29) is 41.7 Å². The lowest BCUT2D eigenvalue weighted by atomic mass is 9.70. The maximum atomic E-state index is 14.6. The maximum absolute atomic E-state index is 14.6. The smallest absolute Gasteiger partial charge is 0.248 e. The average molecular weight is 661 g/mol. The normalized spacial score (nSPS) is 28.7. The van der Waals surface area contributed by atoms with Crippen LogP contribution >= 0.6 is 15.9 Å². The molecule has 0 aliphatic carbocycles. The predicted octanol–water partition coefficient (Wildman–Crippen LogP) is 4.33. The maximum Gasteiger partial charge on any atom is 0.248 e. The third-order valence-corrected chi connectivity index (χ3v) is 10.1. The van der Waals surface area contributed by atoms with E-state index >= 15 is 0 Å². The quantitative estimate of drug-likeness (QED) is 0.222. The summed E-state index contributed by atoms with van der Waals surface area (Å²) in [5.41, 5.74) is -0.557. The van der Waals surface area contributed by atoms with Gasteiger partial charge in [-0.1, -0.05) is 48.4 Å². The van der Waals surface area contributed by atoms with Crippen molar-refractivity contribution in [1.29, 1.82) is 0 Å². The first-order valence-electron chi connectivity index (χ1n) is 15.5. The summed E-state index contributed by atoms with van der Waals surface area (Å²) in [6.07, 6.45) is 5.29. The molecule has 0 aromatic heterocycles. The molecule has 43 heavy (non-hydrogen) atoms. The van der Waals surface area contributed by atoms with E-state index in [1.54, 1.807) is 22.0 Å². The van der Waals surface area contributed by atoms with Crippen molar-refractivity contribution in [3.63, 3.8) is 0 Å². The molecule has 1 spiro atoms. The third-order valence-electron chi connectivity index (χ3n) is 9.21. The average Bonchev–Trinajstić information content (AvgIpc) is 3.59. The topological polar surface area (TPSA) is 99.6 Å². The second-order valence-corrected chi connectivity index (χ2v) is 12.9. The van der Waals surface area contributed by atoms with Gasteiger partial charge in [-0.05, 0) is 57.4 Å². The van der Waals surface area contributed by atoms with E-state index in [0.717, 1.165) is 12.8 Å². The first kappa shape index (κ1) is 33.2. The van der Waals surface area contributed by atoms with Crippen LogP contribution in [0.2, 0.25) is 0 Å². The fourth-order valence-corrected chi connectivity index (χ4v) is 8.26. The van der Waals surface area contributed by atoms with Crippen LogP contribution in [0, 0.1) is 11.8 Å². The molecule has 1 aromatic rings. The van der Waals surface area contributed by atoms with Crippen LogP contribution in [-0.4, -0.2) is 93.6 Å². The highest BCUT2D eigenvalue weighted by atomic mass is 79.9. The second kappa shape index (κ2) is 13.9. The number of halogens is 1. The largest absolute Gasteiger partial charge is 0.494 e. The Labute approximate surface area is 264 Å². The molecule has 3 fully saturated rings. The first-order valence-corrected chi connectivity index (χ1v) is 16.4. The van der Waals surface area contributed by atoms with Crippen molar-refractivity contribution in [3.8, 4) is 5.75 Å². The minimum Gasteiger partial charge on any atom is -0.494 e. The van der Waals surface area contributed by atoms with Crippen molar-refractivity contribution in [2.45, 2.75) is 88.0 Å². The molecule has 2 bridgehead atoms. The van der Waals surface area contributed by atoms with Crippen molar-refractivity contribution in [2.24, 2.45) is 11.8 Å². The van der Waals surface area contributed by atoms with Gasteiger partial charge < -0.3 is 29.3 Å². The zero-order valence-electron chi connectivity index (χ0n) is 25.8. The zero-order chi connectivity index (χ0) is 31.5. The minimum atomic E-state index is -1.21. The van der Waals surface area contributed by atoms with Gasteiger partial charge in [0, 0.05) is 29.6 Å². The summed E-state index contributed by atoms with van der Waals surface area (Å²) in [6, 6.07) is 5.61. The molecule has 0 radical (unpaired) electrons. The van der Waals surface area contributed by atoms with Crippen molar-refractivity contribution < 1.29 is 29.0 Å². The fraction of sp³-hybridized carbons (Fsp3) is 0.606. The van der Waals surface area contributed by atoms with Gasteiger partial charge in [-0.15, -0.1) is 13.2 Å². The molecular weight excluding hydrogens is 614 g/mol. The van der Waals surface area contributed by atoms with Gasteiger partial charge in [-0.3, -0.25) is 14.4 Å². The minimum absolute atomic E-state index is 0.0874. The van der Waals surface area contributed by atoms with Gasteiger partial charge in [0.15, 0.2) is 0 Å². The Morgan fingerprint density at radius 3 is 2.42 bits per heavy atom. The Bertz CT molecular complexity index is 1190. The van der Waals surface area contributed by atoms with Crippen LogP contribution in [0.25, 0.3) is 0 Å². The number of carbonyl (C=O) groups excluding carboxylic acids is 3. The van der Waals surface area contributed by atoms with E-state index in [2.05, 4.69) is 36.0 Å². The molecule has 3 aliphatic rings. The number of hydrogen-bond acceptors (Lipinski definition) is 6. The molecule has 236 valence electrons. The fourth-order valence-electron chi connectivity index (χ4n) is 7.31. The van der Waals surface area contributed by atoms with E-state index in [4.69, 9.17) is 9.47 Å². The zero-order valence-corrected chi connectivity index (χ0v) is 27.4. The SMILES string of the molecule is C=CCN(C(=O)[C@H]1[C@H]2C(=O)N([C@@H](CC)CO)C(C(=O)N(CC=C)C(C)CCC)C23CC(Br)[C@@H]1O3)c1ccc(OCC)cc1. The Morgan fingerprint density at radius 2 is 1.86 bits per heavy atom. The standard InChI is InChI=1S/C33H46BrN3O6/c1-7-12-21(6)35(17-8-2)32(41)29-33-19-25(34)28(43-33)26(27(33)31(40)37(29)22(10-4)20-38)30(39)36(18-9-3)23-13-15-24(16-14-23)42-11-5/h8-9,13-16,21-22,25-29,38H,2-3,7,10-12,17-20H2,1,4-6H3/t21?,22-,25?,26-,27-,28-,29?,33?/m0/s1. The van der Waals surface area contributed by atoms with Gasteiger partial charge in [0.05, 0.1) is 37.2 Å². The third kappa shape index (κ3) is 5.78. The molecule has 3 saturated heterocycles. The van der Waals surface area contributed by atoms with Gasteiger partial charge in [0.2, 0.25) is 17.7 Å². The van der Waals surface area contributed by atoms with Crippen molar-refractivity contribution >= 4 is 39.3 Å². The lowest BCUT2D eigenvalue weighted by molar-refractivity contribution is -0.152. The molecule has 1 N–H and O–H groups in total. The van der Waals surface area contributed by atoms with Gasteiger partial charge in [0.25, 0.3) is 0 Å². The van der Waals surface area contributed by atoms with E-state index < -0.39 is 35.6 Å². The van der Waals surface area contributed by atoms with Crippen molar-refractivity contribution in [1.82, 2.24) is 9.80 Å². The molecule has 4 rings (SSSR count). The van der Waals surface area contributed by atoms with Crippen LogP contribution in [0.5, 0.6) is 5.75 Å². The molecule has 8 atom stereocenters. The summed E-state index contributed by atoms with van der Waals surface area (Å²) in [5, 5.41) is 10.4. The van der Waals surface area contributed by atoms with Crippen LogP contribution in [0.4, 0.5) is 5.69 Å². The lowest BCUT2D eigenvalue weighted by Gasteiger charge is -2.41. The van der Waals surface area contributed by atoms with E-state index in [1.807, 2.05) is 45.0 Å². The number of likely N-dealkylation sites (tertiary alicyclic amines) is 1. The molecule has 0 saturated carbocycles. The summed E-state index contributed by atoms with van der Waals surface area (Å²) >= 11 is 3.76. The second-order valence-electron chi connectivity index (χ2n) is 11.7. The van der Waals surface area contributed by atoms with E-state index in [1.165, 1.54) is 4.90 Å². The summed E-state index contributed by atoms with van der Waals surface area (Å²) in [7, 11) is 0. The van der Waals surface area contributed by atoms with Crippen molar-refractivity contribution in [3.05, 3.63) is 49.6 Å². The number of fused-ring (bicyclic) bond motifs is 1. The van der Waals surface area contributed by atoms with Gasteiger partial charge in [0.1, 0.15) is 17.4 Å². The number of nitrogens with zero attached hydrogens (tertiary/aromatic N) is 3. The van der Waals surface area contributed by atoms with Crippen LogP contribution in [0.3, 0.4) is 0 Å². The van der Waals surface area contributed by atoms with Crippen LogP contribution in [-0.2, 0) is 19.1 Å². The van der Waals surface area contributed by atoms with Crippen LogP contribution < -0.4 is 9.64 Å². The van der Waals surface area contributed by atoms with Gasteiger partial charge in [-0.2, -0.15) is 0 Å². The molecular formula is C33H46BrN3O6. The van der Waals surface area contributed by atoms with Gasteiger partial charge in [-0.25, -0.2) is 0 Å². The molecule has 4 unspecified atom stereocenters. The number of ether oxygens (including phenoxy) is 2. The monoisotopic (exact) mass is 659 g/mol. The van der Waals surface area contributed by atoms with E-state index in [0.29, 0.717) is 37.4 Å². The summed E-state index contributed by atoms with van der Waals surface area (Å²) < 4.78 is 12.3. The number of rotatable bonds is 15. The van der Waals surface area contributed by atoms with Crippen LogP contribution in [0.15, 0.2) is 49.6 Å². The summed E-state index contributed by atoms with van der Waals surface area (Å²) in [5.74, 6) is -1.80. The first-order chi connectivity index (χ1) is 20.6. The lowest BCUT2D eigenvalue weighted by Crippen LogP contribution is -2.60. The number of aliphatic hydroxyl groups excluding tert-OH is 1. The molecule has 10 heteroatoms. The highest BCUT2D eigenvalue weighted by Crippen LogP contribution is 2.61. The number of alkyl halides is 1. The Kier molecular flexibility index (Phi) is 10.8. The molecule has 1 aromatic carbocycles. The molecule has 3 aliphatic heterocycles. The summed E-state index contributed by atoms with van der Waals surface area (Å²) in [6.45, 7) is 16.4. The highest BCUT2D eigenvalue weighted by Gasteiger charge is 2.77. The number of hydrogen-bond donors (Lipinski definition) is 1. The van der Waals surface area contributed by atoms with Gasteiger partial charge >= 0.3 is 0 Å². The molecule has 3 heterocycles. The Balaban J connectivity index is 1.79. The number of carbonyl (C=O) groups is 3. The number of aliphatic hydroxyl groups is 1. The van der Waals surface area contributed by atoms with E-state index in [9.17, 15) is 19.5 Å². The predicted molar refractivity (Wildman–Crippen MR) is 170 cm³/mol. The number of amides is 3. The summed E-state index contributed by atoms with van der Waals surface area (Å²) in [4.78, 5) is 48.3. The Hall–Kier alpha value is -2.69.